The van der Waals surface area contributed by atoms with Crippen LogP contribution in [0.1, 0.15) is 13.8 Å². The van der Waals surface area contributed by atoms with Crippen LogP contribution in [0, 0.1) is 0 Å². The zero-order chi connectivity index (χ0) is 8.73. The maximum absolute atomic E-state index is 9.34. The Hall–Kier alpha value is 0.147. The Morgan fingerprint density at radius 1 is 1.25 bits per heavy atom. The Morgan fingerprint density at radius 3 is 1.33 bits per heavy atom. The molecule has 0 aromatic rings. The van der Waals surface area contributed by atoms with Crippen molar-refractivity contribution in [3.05, 3.63) is 0 Å². The van der Waals surface area contributed by atoms with Gasteiger partial charge in [-0.05, 0) is 13.8 Å². The van der Waals surface area contributed by atoms with Crippen LogP contribution in [0.25, 0.3) is 0 Å². The molecule has 1 N–H and O–H groups in total. The van der Waals surface area contributed by atoms with Crippen LogP contribution in [0.15, 0.2) is 0 Å². The van der Waals surface area contributed by atoms with Crippen molar-refractivity contribution in [1.82, 2.24) is 0 Å². The molecule has 0 aromatic heterocycles. The molecule has 0 aliphatic carbocycles. The van der Waals surface area contributed by atoms with E-state index in [1.54, 1.807) is 0 Å². The summed E-state index contributed by atoms with van der Waals surface area (Å²) in [6.45, 7) is 2.11. The molecule has 60 valence electrons. The van der Waals surface area contributed by atoms with Crippen molar-refractivity contribution in [2.75, 3.05) is 0 Å². The first-order valence-electron chi connectivity index (χ1n) is 2.44. The van der Waals surface area contributed by atoms with E-state index < -0.39 is 18.0 Å². The third-order valence-electron chi connectivity index (χ3n) is 0.341. The van der Waals surface area contributed by atoms with Crippen molar-refractivity contribution < 1.29 is 63.9 Å². The first-order chi connectivity index (χ1) is 4.37. The summed E-state index contributed by atoms with van der Waals surface area (Å²) in [6.07, 6.45) is -1.34. The molecule has 1 atom stereocenters. The third kappa shape index (κ3) is 49.4. The molecule has 0 amide bonds. The molecule has 12 heavy (non-hydrogen) atoms. The molecule has 7 heteroatoms. The van der Waals surface area contributed by atoms with Crippen LogP contribution in [0.3, 0.4) is 0 Å². The van der Waals surface area contributed by atoms with E-state index in [1.165, 1.54) is 0 Å². The number of carbonyl (C=O) groups is 2. The Bertz CT molecular complexity index is 121. The van der Waals surface area contributed by atoms with Gasteiger partial charge in [-0.2, -0.15) is 0 Å². The predicted molar refractivity (Wildman–Crippen MR) is 27.4 cm³/mol. The van der Waals surface area contributed by atoms with Gasteiger partial charge in [0.2, 0.25) is 0 Å². The second kappa shape index (κ2) is 13.7. The van der Waals surface area contributed by atoms with Crippen LogP contribution in [0.4, 0.5) is 0 Å². The largest absolute Gasteiger partial charge is 2.00 e. The van der Waals surface area contributed by atoms with E-state index in [0.717, 1.165) is 13.8 Å². The maximum Gasteiger partial charge on any atom is 2.00 e. The molecule has 0 saturated carbocycles. The average molecular weight is 279 g/mol. The van der Waals surface area contributed by atoms with Crippen LogP contribution in [0.2, 0.25) is 0 Å². The van der Waals surface area contributed by atoms with Crippen LogP contribution >= 0.6 is 0 Å². The van der Waals surface area contributed by atoms with E-state index in [1.807, 2.05) is 0 Å². The van der Waals surface area contributed by atoms with Crippen LogP contribution in [-0.2, 0) is 48.5 Å². The van der Waals surface area contributed by atoms with Crippen molar-refractivity contribution in [1.29, 1.82) is 0 Å². The van der Waals surface area contributed by atoms with Crippen molar-refractivity contribution in [3.8, 4) is 0 Å². The van der Waals surface area contributed by atoms with Gasteiger partial charge in [-0.1, -0.05) is 0 Å². The molecule has 0 radical (unpaired) electrons. The molecule has 1 unspecified atom stereocenters. The molecular weight excluding hydrogens is 271 g/mol. The van der Waals surface area contributed by atoms with Gasteiger partial charge in [0.25, 0.3) is 0 Å². The minimum atomic E-state index is -1.44. The van der Waals surface area contributed by atoms with Gasteiger partial charge in [-0.25, -0.2) is 0 Å². The fourth-order valence-corrected chi connectivity index (χ4v) is 0. The molecule has 0 spiro atoms. The van der Waals surface area contributed by atoms with Gasteiger partial charge in [0.05, 0.1) is 12.1 Å². The van der Waals surface area contributed by atoms with Gasteiger partial charge in [0, 0.05) is 5.97 Å². The maximum atomic E-state index is 9.34. The summed E-state index contributed by atoms with van der Waals surface area (Å²) in [6, 6.07) is 0. The van der Waals surface area contributed by atoms with Crippen LogP contribution < -0.4 is 10.2 Å². The van der Waals surface area contributed by atoms with E-state index in [0.29, 0.717) is 0 Å². The van der Waals surface area contributed by atoms with Gasteiger partial charge >= 0.3 is 39.0 Å². The van der Waals surface area contributed by atoms with Crippen molar-refractivity contribution >= 4 is 11.9 Å². The number of aliphatic carboxylic acids is 2. The summed E-state index contributed by atoms with van der Waals surface area (Å²) in [7, 11) is 0. The number of aliphatic hydroxyl groups excluding tert-OH is 1. The minimum absolute atomic E-state index is 0. The summed E-state index contributed by atoms with van der Waals surface area (Å²) in [5, 5.41) is 26.2. The number of hydrogen-bond donors (Lipinski definition) is 1. The predicted octanol–water partition coefficient (Wildman–Crippen LogP) is -3.13. The molecular formula is C5H8O5Zn2+2. The molecule has 0 aliphatic heterocycles. The Labute approximate surface area is 95.7 Å². The van der Waals surface area contributed by atoms with Crippen molar-refractivity contribution in [2.45, 2.75) is 20.0 Å². The molecule has 0 bridgehead atoms. The molecule has 0 aromatic carbocycles. The molecule has 0 fully saturated rings. The summed E-state index contributed by atoms with van der Waals surface area (Å²) >= 11 is 0. The zero-order valence-corrected chi connectivity index (χ0v) is 13.0. The Kier molecular flexibility index (Phi) is 26.0. The van der Waals surface area contributed by atoms with E-state index in [4.69, 9.17) is 15.0 Å². The molecule has 0 heterocycles. The first-order valence-corrected chi connectivity index (χ1v) is 2.44. The topological polar surface area (TPSA) is 100 Å². The van der Waals surface area contributed by atoms with E-state index >= 15 is 0 Å². The van der Waals surface area contributed by atoms with Crippen molar-refractivity contribution in [3.63, 3.8) is 0 Å². The molecule has 0 rings (SSSR count). The Morgan fingerprint density at radius 2 is 1.33 bits per heavy atom. The monoisotopic (exact) mass is 276 g/mol. The second-order valence-corrected chi connectivity index (χ2v) is 1.49. The average Bonchev–Trinajstić information content (AvgIpc) is 1.63. The first kappa shape index (κ1) is 22.7. The quantitative estimate of drug-likeness (QED) is 0.511. The standard InChI is InChI=1S/C3H6O3.C2H4O2.2Zn/c1-2(4)3(5)6;1-2(3)4;;/h2,4H,1H3,(H,5,6);1H3,(H,3,4);;/q;;2*+2/p-2. The Balaban J connectivity index is -0.0000000483. The van der Waals surface area contributed by atoms with E-state index in [2.05, 4.69) is 0 Å². The van der Waals surface area contributed by atoms with Gasteiger partial charge < -0.3 is 24.9 Å². The second-order valence-electron chi connectivity index (χ2n) is 1.49. The number of rotatable bonds is 1. The van der Waals surface area contributed by atoms with Gasteiger partial charge in [-0.15, -0.1) is 0 Å². The normalized spacial score (nSPS) is 8.92. The number of hydrogen-bond acceptors (Lipinski definition) is 5. The van der Waals surface area contributed by atoms with Crippen molar-refractivity contribution in [2.24, 2.45) is 0 Å². The summed E-state index contributed by atoms with van der Waals surface area (Å²) in [4.78, 5) is 18.2. The smallest absolute Gasteiger partial charge is 0.550 e. The summed E-state index contributed by atoms with van der Waals surface area (Å²) in [5.41, 5.74) is 0. The van der Waals surface area contributed by atoms with Gasteiger partial charge in [-0.3, -0.25) is 0 Å². The number of carbonyl (C=O) groups excluding carboxylic acids is 2. The van der Waals surface area contributed by atoms with Crippen LogP contribution in [-0.4, -0.2) is 23.1 Å². The minimum Gasteiger partial charge on any atom is -0.550 e. The SMILES string of the molecule is CC(=O)[O-].CC(O)C(=O)[O-].[Zn+2].[Zn+2]. The zero-order valence-electron chi connectivity index (χ0n) is 7.07. The summed E-state index contributed by atoms with van der Waals surface area (Å²) < 4.78 is 0. The van der Waals surface area contributed by atoms with E-state index in [9.17, 15) is 9.90 Å². The molecule has 5 nitrogen and oxygen atoms in total. The molecule has 0 saturated heterocycles. The summed E-state index contributed by atoms with van der Waals surface area (Å²) in [5.74, 6) is -2.52. The van der Waals surface area contributed by atoms with Gasteiger partial charge in [0.1, 0.15) is 0 Å². The fourth-order valence-electron chi connectivity index (χ4n) is 0. The molecule has 0 aliphatic rings. The van der Waals surface area contributed by atoms with Crippen LogP contribution in [0.5, 0.6) is 0 Å². The number of carboxylic acid groups (broad SMARTS) is 2. The fraction of sp³-hybridized carbons (Fsp3) is 0.600. The van der Waals surface area contributed by atoms with E-state index in [-0.39, 0.29) is 39.0 Å². The van der Waals surface area contributed by atoms with Gasteiger partial charge in [0.15, 0.2) is 0 Å². The number of carboxylic acids is 2. The number of aliphatic hydroxyl groups is 1. The third-order valence-corrected chi connectivity index (χ3v) is 0.341.